The van der Waals surface area contributed by atoms with Crippen LogP contribution in [0.2, 0.25) is 0 Å². The van der Waals surface area contributed by atoms with E-state index in [0.717, 1.165) is 38.0 Å². The van der Waals surface area contributed by atoms with Gasteiger partial charge < -0.3 is 10.2 Å². The van der Waals surface area contributed by atoms with Crippen LogP contribution in [-0.4, -0.2) is 35.3 Å². The maximum atomic E-state index is 11.3. The first-order valence-electron chi connectivity index (χ1n) is 7.73. The molecule has 1 aliphatic heterocycles. The van der Waals surface area contributed by atoms with E-state index in [-0.39, 0.29) is 11.4 Å². The van der Waals surface area contributed by atoms with Crippen molar-refractivity contribution >= 4 is 17.4 Å². The Kier molecular flexibility index (Phi) is 3.47. The van der Waals surface area contributed by atoms with Gasteiger partial charge in [0.2, 0.25) is 5.91 Å². The van der Waals surface area contributed by atoms with Crippen molar-refractivity contribution in [2.45, 2.75) is 45.6 Å². The van der Waals surface area contributed by atoms with E-state index in [1.54, 1.807) is 6.92 Å². The molecule has 0 aromatic heterocycles. The lowest BCUT2D eigenvalue weighted by Crippen LogP contribution is -2.40. The first-order chi connectivity index (χ1) is 10.0. The summed E-state index contributed by atoms with van der Waals surface area (Å²) in [6.07, 6.45) is 3.02. The second-order valence-electron chi connectivity index (χ2n) is 6.20. The number of rotatable bonds is 2. The van der Waals surface area contributed by atoms with E-state index >= 15 is 0 Å². The Morgan fingerprint density at radius 3 is 2.95 bits per heavy atom. The molecule has 0 fully saturated rings. The molecule has 1 aromatic rings. The molecule has 0 saturated heterocycles. The summed E-state index contributed by atoms with van der Waals surface area (Å²) < 4.78 is 0. The molecule has 1 heterocycles. The normalized spacial score (nSPS) is 24.0. The largest absolute Gasteiger partial charge is 0.358 e. The number of amides is 1. The van der Waals surface area contributed by atoms with E-state index in [4.69, 9.17) is 4.99 Å². The zero-order valence-corrected chi connectivity index (χ0v) is 13.1. The third kappa shape index (κ3) is 2.55. The third-order valence-electron chi connectivity index (χ3n) is 4.67. The lowest BCUT2D eigenvalue weighted by Gasteiger charge is -2.34. The Balaban J connectivity index is 1.89. The van der Waals surface area contributed by atoms with Gasteiger partial charge in [-0.2, -0.15) is 0 Å². The fourth-order valence-electron chi connectivity index (χ4n) is 3.69. The van der Waals surface area contributed by atoms with Crippen LogP contribution in [0.1, 0.15) is 38.3 Å². The number of benzene rings is 1. The third-order valence-corrected chi connectivity index (χ3v) is 4.67. The van der Waals surface area contributed by atoms with Gasteiger partial charge in [-0.25, -0.2) is 0 Å². The minimum absolute atomic E-state index is 0.00410. The molecule has 4 nitrogen and oxygen atoms in total. The summed E-state index contributed by atoms with van der Waals surface area (Å²) in [4.78, 5) is 18.7. The molecule has 4 heteroatoms. The van der Waals surface area contributed by atoms with Crippen LogP contribution in [0.5, 0.6) is 0 Å². The van der Waals surface area contributed by atoms with Crippen LogP contribution in [0.25, 0.3) is 0 Å². The summed E-state index contributed by atoms with van der Waals surface area (Å²) >= 11 is 0. The smallest absolute Gasteiger partial charge is 0.221 e. The molecule has 112 valence electrons. The van der Waals surface area contributed by atoms with E-state index in [2.05, 4.69) is 30.1 Å². The number of nitrogens with zero attached hydrogens (tertiary/aromatic N) is 2. The highest BCUT2D eigenvalue weighted by Gasteiger charge is 2.40. The van der Waals surface area contributed by atoms with Crippen LogP contribution >= 0.6 is 0 Å². The fraction of sp³-hybridized carbons (Fsp3) is 0.529. The van der Waals surface area contributed by atoms with Gasteiger partial charge in [-0.1, -0.05) is 12.1 Å². The molecular formula is C17H23N3O. The Labute approximate surface area is 126 Å². The van der Waals surface area contributed by atoms with Crippen molar-refractivity contribution in [3.8, 4) is 0 Å². The SMILES string of the molecule is CCN1CC2(CCc3c(cccc3NC(C)=O)C2)N=C1C. The van der Waals surface area contributed by atoms with Gasteiger partial charge in [0.1, 0.15) is 0 Å². The molecule has 0 saturated carbocycles. The molecule has 1 atom stereocenters. The predicted molar refractivity (Wildman–Crippen MR) is 85.9 cm³/mol. The number of likely N-dealkylation sites (N-methyl/N-ethyl adjacent to an activating group) is 1. The maximum absolute atomic E-state index is 11.3. The quantitative estimate of drug-likeness (QED) is 0.908. The monoisotopic (exact) mass is 285 g/mol. The average molecular weight is 285 g/mol. The number of carbonyl (C=O) groups is 1. The Hall–Kier alpha value is -1.84. The van der Waals surface area contributed by atoms with Crippen LogP contribution < -0.4 is 5.32 Å². The molecule has 1 unspecified atom stereocenters. The highest BCUT2D eigenvalue weighted by atomic mass is 16.1. The van der Waals surface area contributed by atoms with Gasteiger partial charge in [0.15, 0.2) is 0 Å². The number of fused-ring (bicyclic) bond motifs is 1. The summed E-state index contributed by atoms with van der Waals surface area (Å²) in [5.41, 5.74) is 3.64. The molecule has 0 bridgehead atoms. The van der Waals surface area contributed by atoms with E-state index in [1.165, 1.54) is 17.0 Å². The van der Waals surface area contributed by atoms with Crippen LogP contribution in [0.15, 0.2) is 23.2 Å². The lowest BCUT2D eigenvalue weighted by molar-refractivity contribution is -0.114. The van der Waals surface area contributed by atoms with Crippen molar-refractivity contribution < 1.29 is 4.79 Å². The molecule has 3 rings (SSSR count). The Bertz CT molecular complexity index is 608. The average Bonchev–Trinajstić information content (AvgIpc) is 2.74. The van der Waals surface area contributed by atoms with Crippen LogP contribution in [0, 0.1) is 0 Å². The number of hydrogen-bond donors (Lipinski definition) is 1. The van der Waals surface area contributed by atoms with Crippen molar-refractivity contribution in [1.29, 1.82) is 0 Å². The maximum Gasteiger partial charge on any atom is 0.221 e. The summed E-state index contributed by atoms with van der Waals surface area (Å²) in [5.74, 6) is 1.16. The molecule has 1 aromatic carbocycles. The first kappa shape index (κ1) is 14.1. The summed E-state index contributed by atoms with van der Waals surface area (Å²) in [6, 6.07) is 6.22. The number of hydrogen-bond acceptors (Lipinski definition) is 3. The standard InChI is InChI=1S/C17H23N3O/c1-4-20-11-17(19-12(20)2)9-8-15-14(10-17)6-5-7-16(15)18-13(3)21/h5-7H,4,8-11H2,1-3H3,(H,18,21). The molecule has 0 radical (unpaired) electrons. The van der Waals surface area contributed by atoms with Crippen molar-refractivity contribution in [1.82, 2.24) is 4.90 Å². The van der Waals surface area contributed by atoms with Crippen LogP contribution in [0.4, 0.5) is 5.69 Å². The van der Waals surface area contributed by atoms with Crippen molar-refractivity contribution in [3.05, 3.63) is 29.3 Å². The topological polar surface area (TPSA) is 44.7 Å². The van der Waals surface area contributed by atoms with Crippen molar-refractivity contribution in [2.75, 3.05) is 18.4 Å². The zero-order chi connectivity index (χ0) is 15.0. The number of anilines is 1. The Morgan fingerprint density at radius 2 is 2.29 bits per heavy atom. The van der Waals surface area contributed by atoms with E-state index in [0.29, 0.717) is 0 Å². The highest BCUT2D eigenvalue weighted by Crippen LogP contribution is 2.38. The lowest BCUT2D eigenvalue weighted by atomic mass is 9.78. The van der Waals surface area contributed by atoms with Gasteiger partial charge in [0.25, 0.3) is 0 Å². The number of carbonyl (C=O) groups excluding carboxylic acids is 1. The fourth-order valence-corrected chi connectivity index (χ4v) is 3.69. The molecule has 1 aliphatic carbocycles. The minimum Gasteiger partial charge on any atom is -0.358 e. The highest BCUT2D eigenvalue weighted by molar-refractivity contribution is 5.90. The first-order valence-corrected chi connectivity index (χ1v) is 7.73. The zero-order valence-electron chi connectivity index (χ0n) is 13.1. The van der Waals surface area contributed by atoms with Gasteiger partial charge in [-0.15, -0.1) is 0 Å². The van der Waals surface area contributed by atoms with Gasteiger partial charge >= 0.3 is 0 Å². The Morgan fingerprint density at radius 1 is 1.48 bits per heavy atom. The summed E-state index contributed by atoms with van der Waals surface area (Å²) in [5, 5.41) is 2.96. The second-order valence-corrected chi connectivity index (χ2v) is 6.20. The molecular weight excluding hydrogens is 262 g/mol. The summed E-state index contributed by atoms with van der Waals surface area (Å²) in [6.45, 7) is 7.91. The van der Waals surface area contributed by atoms with Crippen LogP contribution in [-0.2, 0) is 17.6 Å². The van der Waals surface area contributed by atoms with Gasteiger partial charge in [0.05, 0.1) is 11.4 Å². The second kappa shape index (κ2) is 5.17. The van der Waals surface area contributed by atoms with E-state index in [1.807, 2.05) is 12.1 Å². The van der Waals surface area contributed by atoms with Crippen molar-refractivity contribution in [2.24, 2.45) is 4.99 Å². The van der Waals surface area contributed by atoms with E-state index in [9.17, 15) is 4.79 Å². The summed E-state index contributed by atoms with van der Waals surface area (Å²) in [7, 11) is 0. The molecule has 1 amide bonds. The molecule has 1 N–H and O–H groups in total. The number of nitrogens with one attached hydrogen (secondary N) is 1. The van der Waals surface area contributed by atoms with E-state index < -0.39 is 0 Å². The molecule has 1 spiro atoms. The predicted octanol–water partition coefficient (Wildman–Crippen LogP) is 2.63. The van der Waals surface area contributed by atoms with Gasteiger partial charge in [0, 0.05) is 25.7 Å². The van der Waals surface area contributed by atoms with Gasteiger partial charge in [-0.3, -0.25) is 9.79 Å². The number of amidine groups is 1. The van der Waals surface area contributed by atoms with Crippen molar-refractivity contribution in [3.63, 3.8) is 0 Å². The minimum atomic E-state index is -0.00410. The molecule has 2 aliphatic rings. The van der Waals surface area contributed by atoms with Gasteiger partial charge in [-0.05, 0) is 50.3 Å². The molecule has 21 heavy (non-hydrogen) atoms. The number of aliphatic imine (C=N–C) groups is 1. The van der Waals surface area contributed by atoms with Crippen LogP contribution in [0.3, 0.4) is 0 Å².